The number of fused-ring (bicyclic) bond motifs is 1. The summed E-state index contributed by atoms with van der Waals surface area (Å²) in [5.41, 5.74) is 0. The molecule has 0 aromatic heterocycles. The van der Waals surface area contributed by atoms with E-state index >= 15 is 0 Å². The molecule has 1 heterocycles. The molecule has 0 bridgehead atoms. The Morgan fingerprint density at radius 3 is 2.46 bits per heavy atom. The highest BCUT2D eigenvalue weighted by Gasteiger charge is 2.59. The van der Waals surface area contributed by atoms with Crippen LogP contribution in [0.25, 0.3) is 0 Å². The van der Waals surface area contributed by atoms with Crippen LogP contribution in [-0.2, 0) is 19.1 Å². The molecule has 2 aliphatic rings. The molecule has 5 heteroatoms. The van der Waals surface area contributed by atoms with Gasteiger partial charge in [0.05, 0.1) is 18.9 Å². The number of hydrogen-bond acceptors (Lipinski definition) is 4. The highest BCUT2D eigenvalue weighted by atomic mass is 16.5. The predicted octanol–water partition coefficient (Wildman–Crippen LogP) is -0.836. The number of methoxy groups -OCH3 is 1. The largest absolute Gasteiger partial charge is 0.468 e. The molecule has 1 aliphatic heterocycles. The van der Waals surface area contributed by atoms with Crippen LogP contribution in [0.3, 0.4) is 0 Å². The molecule has 0 radical (unpaired) electrons. The van der Waals surface area contributed by atoms with Crippen LogP contribution < -0.4 is 0 Å². The summed E-state index contributed by atoms with van der Waals surface area (Å²) in [5, 5.41) is 0. The number of imide groups is 1. The highest BCUT2D eigenvalue weighted by Crippen LogP contribution is 2.46. The third-order valence-corrected chi connectivity index (χ3v) is 2.47. The summed E-state index contributed by atoms with van der Waals surface area (Å²) in [4.78, 5) is 34.4. The van der Waals surface area contributed by atoms with Crippen LogP contribution in [0, 0.1) is 11.8 Å². The average Bonchev–Trinajstić information content (AvgIpc) is 2.86. The first-order chi connectivity index (χ1) is 6.15. The molecule has 0 N–H and O–H groups in total. The molecular formula is C8H9NO4. The lowest BCUT2D eigenvalue weighted by atomic mass is 10.4. The summed E-state index contributed by atoms with van der Waals surface area (Å²) in [6, 6.07) is 0. The lowest BCUT2D eigenvalue weighted by Crippen LogP contribution is -2.37. The SMILES string of the molecule is COC(=O)CN1C(=O)C2CC2C1=O. The number of amides is 2. The van der Waals surface area contributed by atoms with Crippen molar-refractivity contribution >= 4 is 17.8 Å². The van der Waals surface area contributed by atoms with E-state index in [-0.39, 0.29) is 30.2 Å². The van der Waals surface area contributed by atoms with Crippen molar-refractivity contribution in [2.75, 3.05) is 13.7 Å². The van der Waals surface area contributed by atoms with E-state index in [9.17, 15) is 14.4 Å². The van der Waals surface area contributed by atoms with Crippen LogP contribution in [0.15, 0.2) is 0 Å². The number of hydrogen-bond donors (Lipinski definition) is 0. The number of piperidine rings is 1. The molecule has 2 atom stereocenters. The number of ether oxygens (including phenoxy) is 1. The number of nitrogens with zero attached hydrogens (tertiary/aromatic N) is 1. The second-order valence-electron chi connectivity index (χ2n) is 3.29. The lowest BCUT2D eigenvalue weighted by Gasteiger charge is -2.13. The second-order valence-corrected chi connectivity index (χ2v) is 3.29. The number of carbonyl (C=O) groups excluding carboxylic acids is 3. The van der Waals surface area contributed by atoms with E-state index < -0.39 is 5.97 Å². The van der Waals surface area contributed by atoms with E-state index in [1.807, 2.05) is 0 Å². The zero-order valence-corrected chi connectivity index (χ0v) is 7.15. The number of esters is 1. The molecule has 2 rings (SSSR count). The van der Waals surface area contributed by atoms with Crippen molar-refractivity contribution in [2.45, 2.75) is 6.42 Å². The van der Waals surface area contributed by atoms with Crippen molar-refractivity contribution in [1.82, 2.24) is 4.90 Å². The Hall–Kier alpha value is -1.39. The third-order valence-electron chi connectivity index (χ3n) is 2.47. The summed E-state index contributed by atoms with van der Waals surface area (Å²) in [5.74, 6) is -1.28. The van der Waals surface area contributed by atoms with Gasteiger partial charge in [0.1, 0.15) is 6.54 Å². The molecule has 2 amide bonds. The first-order valence-electron chi connectivity index (χ1n) is 4.07. The number of carbonyl (C=O) groups is 3. The lowest BCUT2D eigenvalue weighted by molar-refractivity contribution is -0.151. The number of likely N-dealkylation sites (tertiary alicyclic amines) is 1. The Morgan fingerprint density at radius 2 is 2.00 bits per heavy atom. The van der Waals surface area contributed by atoms with Gasteiger partial charge in [0, 0.05) is 0 Å². The Bertz CT molecular complexity index is 279. The van der Waals surface area contributed by atoms with E-state index in [2.05, 4.69) is 4.74 Å². The van der Waals surface area contributed by atoms with Crippen molar-refractivity contribution in [1.29, 1.82) is 0 Å². The molecule has 13 heavy (non-hydrogen) atoms. The molecule has 0 spiro atoms. The van der Waals surface area contributed by atoms with Crippen LogP contribution in [0.5, 0.6) is 0 Å². The topological polar surface area (TPSA) is 63.7 Å². The first kappa shape index (κ1) is 8.22. The van der Waals surface area contributed by atoms with Crippen LogP contribution in [0.4, 0.5) is 0 Å². The fourth-order valence-corrected chi connectivity index (χ4v) is 1.60. The van der Waals surface area contributed by atoms with Crippen LogP contribution in [0.2, 0.25) is 0 Å². The van der Waals surface area contributed by atoms with Gasteiger partial charge in [-0.2, -0.15) is 0 Å². The molecule has 2 fully saturated rings. The molecule has 1 saturated carbocycles. The maximum atomic E-state index is 11.3. The maximum absolute atomic E-state index is 11.3. The van der Waals surface area contributed by atoms with Crippen molar-refractivity contribution < 1.29 is 19.1 Å². The van der Waals surface area contributed by atoms with Crippen LogP contribution in [0.1, 0.15) is 6.42 Å². The van der Waals surface area contributed by atoms with Gasteiger partial charge in [-0.05, 0) is 6.42 Å². The van der Waals surface area contributed by atoms with E-state index in [1.165, 1.54) is 7.11 Å². The minimum atomic E-state index is -0.553. The van der Waals surface area contributed by atoms with Gasteiger partial charge in [0.15, 0.2) is 0 Å². The molecular weight excluding hydrogens is 174 g/mol. The molecule has 2 unspecified atom stereocenters. The maximum Gasteiger partial charge on any atom is 0.325 e. The van der Waals surface area contributed by atoms with E-state index in [0.29, 0.717) is 6.42 Å². The van der Waals surface area contributed by atoms with Gasteiger partial charge in [0.25, 0.3) is 0 Å². The summed E-state index contributed by atoms with van der Waals surface area (Å²) in [7, 11) is 1.23. The first-order valence-corrected chi connectivity index (χ1v) is 4.07. The summed E-state index contributed by atoms with van der Waals surface area (Å²) >= 11 is 0. The highest BCUT2D eigenvalue weighted by molar-refractivity contribution is 6.10. The zero-order valence-electron chi connectivity index (χ0n) is 7.15. The fraction of sp³-hybridized carbons (Fsp3) is 0.625. The second kappa shape index (κ2) is 2.55. The Labute approximate surface area is 74.6 Å². The summed E-state index contributed by atoms with van der Waals surface area (Å²) in [6.07, 6.45) is 0.662. The molecule has 0 aromatic rings. The van der Waals surface area contributed by atoms with Crippen LogP contribution in [-0.4, -0.2) is 36.3 Å². The fourth-order valence-electron chi connectivity index (χ4n) is 1.60. The van der Waals surface area contributed by atoms with Crippen molar-refractivity contribution in [2.24, 2.45) is 11.8 Å². The van der Waals surface area contributed by atoms with Gasteiger partial charge >= 0.3 is 5.97 Å². The quantitative estimate of drug-likeness (QED) is 0.414. The van der Waals surface area contributed by atoms with Gasteiger partial charge < -0.3 is 4.74 Å². The molecule has 1 saturated heterocycles. The summed E-state index contributed by atoms with van der Waals surface area (Å²) in [6.45, 7) is -0.235. The van der Waals surface area contributed by atoms with Gasteiger partial charge in [0.2, 0.25) is 11.8 Å². The molecule has 5 nitrogen and oxygen atoms in total. The van der Waals surface area contributed by atoms with Crippen molar-refractivity contribution in [3.05, 3.63) is 0 Å². The van der Waals surface area contributed by atoms with Gasteiger partial charge in [-0.3, -0.25) is 19.3 Å². The van der Waals surface area contributed by atoms with Crippen LogP contribution >= 0.6 is 0 Å². The van der Waals surface area contributed by atoms with E-state index in [4.69, 9.17) is 0 Å². The van der Waals surface area contributed by atoms with E-state index in [0.717, 1.165) is 4.90 Å². The third kappa shape index (κ3) is 1.11. The smallest absolute Gasteiger partial charge is 0.325 e. The standard InChI is InChI=1S/C8H9NO4/c1-13-6(10)3-9-7(11)4-2-5(4)8(9)12/h4-5H,2-3H2,1H3. The van der Waals surface area contributed by atoms with Gasteiger partial charge in [-0.1, -0.05) is 0 Å². The molecule has 0 aromatic carbocycles. The normalized spacial score (nSPS) is 30.4. The van der Waals surface area contributed by atoms with Gasteiger partial charge in [-0.15, -0.1) is 0 Å². The van der Waals surface area contributed by atoms with Crippen molar-refractivity contribution in [3.63, 3.8) is 0 Å². The average molecular weight is 183 g/mol. The van der Waals surface area contributed by atoms with E-state index in [1.54, 1.807) is 0 Å². The minimum absolute atomic E-state index is 0.142. The van der Waals surface area contributed by atoms with Crippen molar-refractivity contribution in [3.8, 4) is 0 Å². The Balaban J connectivity index is 2.04. The molecule has 1 aliphatic carbocycles. The Morgan fingerprint density at radius 1 is 1.46 bits per heavy atom. The van der Waals surface area contributed by atoms with Gasteiger partial charge in [-0.25, -0.2) is 0 Å². The minimum Gasteiger partial charge on any atom is -0.468 e. The zero-order chi connectivity index (χ0) is 9.59. The number of rotatable bonds is 2. The summed E-state index contributed by atoms with van der Waals surface area (Å²) < 4.78 is 4.37. The monoisotopic (exact) mass is 183 g/mol. The Kier molecular flexibility index (Phi) is 1.61. The predicted molar refractivity (Wildman–Crippen MR) is 40.3 cm³/mol. The molecule has 70 valence electrons.